The second kappa shape index (κ2) is 6.95. The van der Waals surface area contributed by atoms with Crippen LogP contribution in [0.2, 0.25) is 0 Å². The van der Waals surface area contributed by atoms with Crippen LogP contribution in [0.4, 0.5) is 5.69 Å². The quantitative estimate of drug-likeness (QED) is 0.562. The van der Waals surface area contributed by atoms with E-state index in [-0.39, 0.29) is 23.6 Å². The van der Waals surface area contributed by atoms with Gasteiger partial charge in [-0.05, 0) is 29.5 Å². The Morgan fingerprint density at radius 1 is 1.07 bits per heavy atom. The molecule has 5 rings (SSSR count). The molecular weight excluding hydrogens is 384 g/mol. The van der Waals surface area contributed by atoms with Crippen LogP contribution in [0.25, 0.3) is 6.08 Å². The maximum atomic E-state index is 13.6. The van der Waals surface area contributed by atoms with Gasteiger partial charge in [0.05, 0.1) is 22.8 Å². The lowest BCUT2D eigenvalue weighted by atomic mass is 9.87. The summed E-state index contributed by atoms with van der Waals surface area (Å²) in [6, 6.07) is 10.6. The van der Waals surface area contributed by atoms with Crippen molar-refractivity contribution in [1.29, 1.82) is 0 Å². The van der Waals surface area contributed by atoms with Gasteiger partial charge in [0.15, 0.2) is 5.78 Å². The molecule has 5 nitrogen and oxygen atoms in total. The molecule has 6 heteroatoms. The van der Waals surface area contributed by atoms with Crippen LogP contribution in [0, 0.1) is 11.8 Å². The highest BCUT2D eigenvalue weighted by Crippen LogP contribution is 2.49. The summed E-state index contributed by atoms with van der Waals surface area (Å²) < 4.78 is 0. The molecule has 2 aromatic rings. The predicted molar refractivity (Wildman–Crippen MR) is 113 cm³/mol. The topological polar surface area (TPSA) is 57.7 Å². The monoisotopic (exact) mass is 406 g/mol. The fraction of sp³-hybridized carbons (Fsp3) is 0.348. The third-order valence-corrected chi connectivity index (χ3v) is 7.16. The Balaban J connectivity index is 1.62. The number of Topliss-reactive ketones (excluding diaryl/α,β-unsaturated/α-hetero) is 1. The highest BCUT2D eigenvalue weighted by Gasteiger charge is 2.63. The number of imide groups is 1. The lowest BCUT2D eigenvalue weighted by molar-refractivity contribution is -0.140. The second-order valence-electron chi connectivity index (χ2n) is 7.84. The molecule has 29 heavy (non-hydrogen) atoms. The van der Waals surface area contributed by atoms with E-state index in [9.17, 15) is 14.4 Å². The molecule has 2 saturated heterocycles. The van der Waals surface area contributed by atoms with E-state index in [4.69, 9.17) is 0 Å². The Morgan fingerprint density at radius 3 is 2.62 bits per heavy atom. The number of fused-ring (bicyclic) bond motifs is 5. The number of nitrogens with zero attached hydrogens (tertiary/aromatic N) is 2. The zero-order valence-corrected chi connectivity index (χ0v) is 17.0. The lowest BCUT2D eigenvalue weighted by Crippen LogP contribution is -2.48. The van der Waals surface area contributed by atoms with Gasteiger partial charge in [-0.3, -0.25) is 19.3 Å². The molecule has 0 saturated carbocycles. The maximum Gasteiger partial charge on any atom is 0.235 e. The van der Waals surface area contributed by atoms with E-state index < -0.39 is 17.9 Å². The zero-order chi connectivity index (χ0) is 20.1. The third kappa shape index (κ3) is 2.62. The van der Waals surface area contributed by atoms with Gasteiger partial charge in [0.25, 0.3) is 0 Å². The Bertz CT molecular complexity index is 1010. The highest BCUT2D eigenvalue weighted by molar-refractivity contribution is 7.12. The van der Waals surface area contributed by atoms with Crippen molar-refractivity contribution >= 4 is 40.7 Å². The van der Waals surface area contributed by atoms with Gasteiger partial charge < -0.3 is 4.90 Å². The summed E-state index contributed by atoms with van der Waals surface area (Å²) in [7, 11) is 0. The van der Waals surface area contributed by atoms with E-state index in [1.54, 1.807) is 6.07 Å². The van der Waals surface area contributed by atoms with E-state index >= 15 is 0 Å². The van der Waals surface area contributed by atoms with E-state index in [1.807, 2.05) is 59.7 Å². The van der Waals surface area contributed by atoms with Crippen LogP contribution >= 0.6 is 11.3 Å². The Hall–Kier alpha value is -2.73. The summed E-state index contributed by atoms with van der Waals surface area (Å²) in [6.07, 6.45) is 5.70. The van der Waals surface area contributed by atoms with Gasteiger partial charge in [-0.15, -0.1) is 11.3 Å². The van der Waals surface area contributed by atoms with Crippen molar-refractivity contribution in [2.24, 2.45) is 11.8 Å². The number of hydrogen-bond acceptors (Lipinski definition) is 5. The number of unbranched alkanes of at least 4 members (excludes halogenated alkanes) is 1. The Kier molecular flexibility index (Phi) is 4.39. The van der Waals surface area contributed by atoms with Gasteiger partial charge in [0.1, 0.15) is 6.04 Å². The molecule has 0 radical (unpaired) electrons. The number of benzene rings is 1. The Labute approximate surface area is 173 Å². The van der Waals surface area contributed by atoms with Crippen molar-refractivity contribution in [3.63, 3.8) is 0 Å². The molecule has 0 spiro atoms. The minimum atomic E-state index is -0.655. The van der Waals surface area contributed by atoms with Crippen LogP contribution in [-0.4, -0.2) is 41.1 Å². The number of amides is 2. The average Bonchev–Trinajstić information content (AvgIpc) is 3.44. The van der Waals surface area contributed by atoms with Crippen LogP contribution in [0.5, 0.6) is 0 Å². The summed E-state index contributed by atoms with van der Waals surface area (Å²) in [5, 5.41) is 1.87. The lowest BCUT2D eigenvalue weighted by Gasteiger charge is -2.36. The van der Waals surface area contributed by atoms with E-state index in [0.29, 0.717) is 11.4 Å². The molecule has 4 atom stereocenters. The number of ketones is 1. The van der Waals surface area contributed by atoms with Gasteiger partial charge in [0, 0.05) is 12.2 Å². The summed E-state index contributed by atoms with van der Waals surface area (Å²) in [4.78, 5) is 44.2. The van der Waals surface area contributed by atoms with Crippen LogP contribution in [0.3, 0.4) is 0 Å². The van der Waals surface area contributed by atoms with Crippen molar-refractivity contribution in [3.05, 3.63) is 58.3 Å². The maximum absolute atomic E-state index is 13.6. The van der Waals surface area contributed by atoms with Crippen molar-refractivity contribution in [2.45, 2.75) is 31.8 Å². The highest BCUT2D eigenvalue weighted by atomic mass is 32.1. The van der Waals surface area contributed by atoms with Crippen LogP contribution in [0.15, 0.2) is 47.9 Å². The average molecular weight is 407 g/mol. The zero-order valence-electron chi connectivity index (χ0n) is 16.2. The molecular formula is C23H22N2O3S. The first-order valence-corrected chi connectivity index (χ1v) is 11.0. The minimum Gasteiger partial charge on any atom is -0.352 e. The normalized spacial score (nSPS) is 27.2. The van der Waals surface area contributed by atoms with Crippen LogP contribution in [-0.2, 0) is 9.59 Å². The number of likely N-dealkylation sites (tertiary alicyclic amines) is 1. The second-order valence-corrected chi connectivity index (χ2v) is 8.78. The van der Waals surface area contributed by atoms with Gasteiger partial charge in [-0.25, -0.2) is 0 Å². The first-order chi connectivity index (χ1) is 14.1. The number of hydrogen-bond donors (Lipinski definition) is 0. The van der Waals surface area contributed by atoms with Gasteiger partial charge in [-0.2, -0.15) is 0 Å². The number of thiophene rings is 1. The molecule has 0 unspecified atom stereocenters. The number of anilines is 1. The SMILES string of the molecule is CCCCN1C(=O)[C@@H]2[C@H](C1=O)[C@@H]1C=Cc3ccccc3N1[C@@H]2C(=O)c1cccs1. The smallest absolute Gasteiger partial charge is 0.235 e. The number of para-hydroxylation sites is 1. The van der Waals surface area contributed by atoms with Crippen LogP contribution in [0.1, 0.15) is 35.0 Å². The van der Waals surface area contributed by atoms with Gasteiger partial charge in [-0.1, -0.05) is 49.8 Å². The molecule has 1 aromatic carbocycles. The molecule has 0 N–H and O–H groups in total. The molecule has 2 fully saturated rings. The molecule has 148 valence electrons. The summed E-state index contributed by atoms with van der Waals surface area (Å²) in [6.45, 7) is 2.48. The van der Waals surface area contributed by atoms with Gasteiger partial charge in [0.2, 0.25) is 11.8 Å². The van der Waals surface area contributed by atoms with E-state index in [0.717, 1.165) is 24.1 Å². The summed E-state index contributed by atoms with van der Waals surface area (Å²) in [5.74, 6) is -1.52. The van der Waals surface area contributed by atoms with Crippen molar-refractivity contribution in [3.8, 4) is 0 Å². The molecule has 3 aliphatic heterocycles. The first kappa shape index (κ1) is 18.3. The fourth-order valence-corrected chi connectivity index (χ4v) is 5.67. The molecule has 1 aromatic heterocycles. The van der Waals surface area contributed by atoms with Crippen molar-refractivity contribution in [2.75, 3.05) is 11.4 Å². The fourth-order valence-electron chi connectivity index (χ4n) is 4.98. The Morgan fingerprint density at radius 2 is 1.86 bits per heavy atom. The van der Waals surface area contributed by atoms with E-state index in [1.165, 1.54) is 16.2 Å². The van der Waals surface area contributed by atoms with Crippen LogP contribution < -0.4 is 4.90 Å². The van der Waals surface area contributed by atoms with Crippen molar-refractivity contribution in [1.82, 2.24) is 4.90 Å². The molecule has 2 amide bonds. The van der Waals surface area contributed by atoms with E-state index in [2.05, 4.69) is 0 Å². The minimum absolute atomic E-state index is 0.0684. The molecule has 0 aliphatic carbocycles. The molecule has 0 bridgehead atoms. The molecule has 4 heterocycles. The molecule has 3 aliphatic rings. The number of rotatable bonds is 5. The van der Waals surface area contributed by atoms with Crippen molar-refractivity contribution < 1.29 is 14.4 Å². The standard InChI is InChI=1S/C23H22N2O3S/c1-2-3-12-24-22(27)18-16-11-10-14-7-4-5-8-15(14)25(16)20(19(18)23(24)28)21(26)17-9-6-13-29-17/h4-11,13,16,18-20H,2-3,12H2,1H3/t16-,18+,19+,20-/m0/s1. The number of carbonyl (C=O) groups excluding carboxylic acids is 3. The summed E-state index contributed by atoms with van der Waals surface area (Å²) in [5.41, 5.74) is 1.93. The number of carbonyl (C=O) groups is 3. The van der Waals surface area contributed by atoms with Gasteiger partial charge >= 0.3 is 0 Å². The summed E-state index contributed by atoms with van der Waals surface area (Å²) >= 11 is 1.39. The predicted octanol–water partition coefficient (Wildman–Crippen LogP) is 3.62. The first-order valence-electron chi connectivity index (χ1n) is 10.1. The largest absolute Gasteiger partial charge is 0.352 e. The third-order valence-electron chi connectivity index (χ3n) is 6.27.